The molecule has 0 saturated carbocycles. The van der Waals surface area contributed by atoms with Gasteiger partial charge in [-0.25, -0.2) is 13.1 Å². The number of hydrogen-bond acceptors (Lipinski definition) is 10. The molecule has 28 heavy (non-hydrogen) atoms. The summed E-state index contributed by atoms with van der Waals surface area (Å²) in [5.74, 6) is 1.71. The number of fused-ring (bicyclic) bond motifs is 2. The Labute approximate surface area is 159 Å². The third-order valence-corrected chi connectivity index (χ3v) is 5.45. The van der Waals surface area contributed by atoms with Crippen molar-refractivity contribution in [1.82, 2.24) is 24.9 Å². The van der Waals surface area contributed by atoms with E-state index >= 15 is 0 Å². The number of rotatable bonds is 5. The molecule has 2 saturated heterocycles. The van der Waals surface area contributed by atoms with Crippen LogP contribution in [0.25, 0.3) is 0 Å². The van der Waals surface area contributed by atoms with Crippen molar-refractivity contribution in [2.24, 2.45) is 0 Å². The number of benzene rings is 1. The smallest absolute Gasteiger partial charge is 0.341 e. The van der Waals surface area contributed by atoms with E-state index in [4.69, 9.17) is 23.7 Å². The summed E-state index contributed by atoms with van der Waals surface area (Å²) in [6, 6.07) is 4.50. The number of nitrogens with zero attached hydrogens (tertiary/aromatic N) is 4. The van der Waals surface area contributed by atoms with Crippen LogP contribution in [0.5, 0.6) is 23.3 Å². The number of hydrogen-bond donors (Lipinski definition) is 1. The maximum absolute atomic E-state index is 11.5. The van der Waals surface area contributed by atoms with E-state index in [0.717, 1.165) is 6.26 Å². The van der Waals surface area contributed by atoms with E-state index in [1.54, 1.807) is 18.2 Å². The molecule has 1 aromatic carbocycles. The molecule has 0 spiro atoms. The lowest BCUT2D eigenvalue weighted by Gasteiger charge is -2.17. The molecule has 3 aliphatic heterocycles. The van der Waals surface area contributed by atoms with Gasteiger partial charge in [0.2, 0.25) is 16.8 Å². The number of sulfonamides is 1. The lowest BCUT2D eigenvalue weighted by Crippen LogP contribution is -2.43. The van der Waals surface area contributed by atoms with Crippen molar-refractivity contribution in [1.29, 1.82) is 0 Å². The largest absolute Gasteiger partial charge is 0.454 e. The predicted octanol–water partition coefficient (Wildman–Crippen LogP) is -0.549. The number of nitrogens with one attached hydrogen (secondary N) is 1. The average molecular weight is 411 g/mol. The zero-order chi connectivity index (χ0) is 19.3. The summed E-state index contributed by atoms with van der Waals surface area (Å²) in [6.45, 7) is 0.637. The van der Waals surface area contributed by atoms with Crippen molar-refractivity contribution in [2.75, 3.05) is 26.3 Å². The molecule has 5 rings (SSSR count). The van der Waals surface area contributed by atoms with E-state index in [1.165, 1.54) is 4.68 Å². The molecule has 0 aliphatic carbocycles. The summed E-state index contributed by atoms with van der Waals surface area (Å²) >= 11 is 0. The SMILES string of the molecule is CS(=O)(=O)NC1COC2C1OCC2n1nnnc1Oc1ccc2c(c1)OCO2. The first-order valence-electron chi connectivity index (χ1n) is 8.54. The summed E-state index contributed by atoms with van der Waals surface area (Å²) in [7, 11) is -3.38. The molecule has 4 atom stereocenters. The van der Waals surface area contributed by atoms with Gasteiger partial charge in [-0.05, 0) is 22.6 Å². The van der Waals surface area contributed by atoms with Gasteiger partial charge in [0.1, 0.15) is 24.0 Å². The highest BCUT2D eigenvalue weighted by molar-refractivity contribution is 7.88. The zero-order valence-corrected chi connectivity index (χ0v) is 15.5. The highest BCUT2D eigenvalue weighted by Crippen LogP contribution is 2.38. The van der Waals surface area contributed by atoms with Crippen LogP contribution in [0.15, 0.2) is 18.2 Å². The van der Waals surface area contributed by atoms with Crippen LogP contribution in [-0.4, -0.2) is 73.1 Å². The van der Waals surface area contributed by atoms with Crippen LogP contribution in [0.3, 0.4) is 0 Å². The molecular formula is C15H17N5O7S. The van der Waals surface area contributed by atoms with E-state index in [9.17, 15) is 8.42 Å². The summed E-state index contributed by atoms with van der Waals surface area (Å²) < 4.78 is 55.1. The fourth-order valence-electron chi connectivity index (χ4n) is 3.57. The molecule has 0 bridgehead atoms. The first-order valence-corrected chi connectivity index (χ1v) is 10.4. The quantitative estimate of drug-likeness (QED) is 0.682. The van der Waals surface area contributed by atoms with Gasteiger partial charge in [-0.1, -0.05) is 5.10 Å². The van der Waals surface area contributed by atoms with Crippen LogP contribution in [0, 0.1) is 0 Å². The van der Waals surface area contributed by atoms with E-state index in [0.29, 0.717) is 17.2 Å². The third kappa shape index (κ3) is 3.15. The topological polar surface area (TPSA) is 136 Å². The molecule has 0 radical (unpaired) electrons. The first-order chi connectivity index (χ1) is 13.5. The Morgan fingerprint density at radius 3 is 2.86 bits per heavy atom. The van der Waals surface area contributed by atoms with Crippen molar-refractivity contribution >= 4 is 10.0 Å². The first kappa shape index (κ1) is 17.6. The van der Waals surface area contributed by atoms with Crippen molar-refractivity contribution in [3.63, 3.8) is 0 Å². The number of ether oxygens (including phenoxy) is 5. The number of tetrazole rings is 1. The Balaban J connectivity index is 1.34. The third-order valence-electron chi connectivity index (χ3n) is 4.72. The van der Waals surface area contributed by atoms with Crippen molar-refractivity contribution in [3.8, 4) is 23.3 Å². The lowest BCUT2D eigenvalue weighted by atomic mass is 10.1. The molecule has 4 unspecified atom stereocenters. The van der Waals surface area contributed by atoms with Crippen LogP contribution in [0.4, 0.5) is 0 Å². The Morgan fingerprint density at radius 1 is 1.18 bits per heavy atom. The minimum Gasteiger partial charge on any atom is -0.454 e. The molecule has 150 valence electrons. The molecule has 2 fully saturated rings. The second-order valence-corrected chi connectivity index (χ2v) is 8.46. The normalized spacial score (nSPS) is 28.5. The van der Waals surface area contributed by atoms with E-state index in [2.05, 4.69) is 20.2 Å². The standard InChI is InChI=1S/C15H17N5O7S/c1-28(21,22)17-9-5-23-14-10(6-24-13(9)14)20-15(16-18-19-20)27-8-2-3-11-12(4-8)26-7-25-11/h2-4,9-10,13-14,17H,5-7H2,1H3. The van der Waals surface area contributed by atoms with E-state index in [-0.39, 0.29) is 32.1 Å². The minimum absolute atomic E-state index is 0.163. The fraction of sp³-hybridized carbons (Fsp3) is 0.533. The summed E-state index contributed by atoms with van der Waals surface area (Å²) in [5.41, 5.74) is 0. The molecule has 12 nitrogen and oxygen atoms in total. The van der Waals surface area contributed by atoms with Crippen molar-refractivity contribution in [3.05, 3.63) is 18.2 Å². The van der Waals surface area contributed by atoms with Crippen LogP contribution in [0.1, 0.15) is 6.04 Å². The highest BCUT2D eigenvalue weighted by atomic mass is 32.2. The average Bonchev–Trinajstić information content (AvgIpc) is 3.39. The maximum atomic E-state index is 11.5. The van der Waals surface area contributed by atoms with Gasteiger partial charge in [0.25, 0.3) is 0 Å². The number of aromatic nitrogens is 4. The molecule has 13 heteroatoms. The lowest BCUT2D eigenvalue weighted by molar-refractivity contribution is 0.0615. The Hall–Kier alpha value is -2.48. The Bertz CT molecular complexity index is 996. The molecule has 2 aromatic rings. The van der Waals surface area contributed by atoms with Crippen LogP contribution in [0.2, 0.25) is 0 Å². The minimum atomic E-state index is -3.38. The van der Waals surface area contributed by atoms with Gasteiger partial charge in [-0.15, -0.1) is 0 Å². The van der Waals surface area contributed by atoms with Gasteiger partial charge in [0.15, 0.2) is 11.5 Å². The second-order valence-electron chi connectivity index (χ2n) is 6.68. The summed E-state index contributed by atoms with van der Waals surface area (Å²) in [5, 5.41) is 11.6. The molecular weight excluding hydrogens is 394 g/mol. The van der Waals surface area contributed by atoms with Crippen LogP contribution >= 0.6 is 0 Å². The molecule has 1 N–H and O–H groups in total. The van der Waals surface area contributed by atoms with Crippen LogP contribution in [-0.2, 0) is 19.5 Å². The van der Waals surface area contributed by atoms with Gasteiger partial charge >= 0.3 is 6.01 Å². The van der Waals surface area contributed by atoms with Crippen molar-refractivity contribution in [2.45, 2.75) is 24.3 Å². The summed E-state index contributed by atoms with van der Waals surface area (Å²) in [4.78, 5) is 0. The highest BCUT2D eigenvalue weighted by Gasteiger charge is 2.50. The predicted molar refractivity (Wildman–Crippen MR) is 90.7 cm³/mol. The zero-order valence-electron chi connectivity index (χ0n) is 14.7. The Kier molecular flexibility index (Phi) is 4.12. The van der Waals surface area contributed by atoms with E-state index in [1.807, 2.05) is 0 Å². The van der Waals surface area contributed by atoms with E-state index < -0.39 is 28.3 Å². The van der Waals surface area contributed by atoms with Crippen molar-refractivity contribution < 1.29 is 32.1 Å². The maximum Gasteiger partial charge on any atom is 0.341 e. The van der Waals surface area contributed by atoms with Crippen LogP contribution < -0.4 is 18.9 Å². The fourth-order valence-corrected chi connectivity index (χ4v) is 4.32. The van der Waals surface area contributed by atoms with Gasteiger partial charge < -0.3 is 23.7 Å². The molecule has 4 heterocycles. The van der Waals surface area contributed by atoms with Gasteiger partial charge in [0, 0.05) is 6.07 Å². The van der Waals surface area contributed by atoms with Gasteiger partial charge in [0.05, 0.1) is 25.5 Å². The Morgan fingerprint density at radius 2 is 2.00 bits per heavy atom. The second kappa shape index (κ2) is 6.55. The van der Waals surface area contributed by atoms with Gasteiger partial charge in [-0.2, -0.15) is 4.68 Å². The summed E-state index contributed by atoms with van der Waals surface area (Å²) in [6.07, 6.45) is 0.273. The van der Waals surface area contributed by atoms with Gasteiger partial charge in [-0.3, -0.25) is 0 Å². The molecule has 0 amide bonds. The molecule has 1 aromatic heterocycles. The monoisotopic (exact) mass is 411 g/mol. The molecule has 3 aliphatic rings.